The highest BCUT2D eigenvalue weighted by atomic mass is 35.5. The predicted molar refractivity (Wildman–Crippen MR) is 114 cm³/mol. The Hall–Kier alpha value is -2.15. The van der Waals surface area contributed by atoms with Crippen molar-refractivity contribution in [3.63, 3.8) is 0 Å². The van der Waals surface area contributed by atoms with Gasteiger partial charge in [-0.3, -0.25) is 0 Å². The Morgan fingerprint density at radius 1 is 0.667 bits per heavy atom. The number of nitrogens with zero attached hydrogens (tertiary/aromatic N) is 3. The van der Waals surface area contributed by atoms with E-state index in [1.807, 2.05) is 4.90 Å². The molecule has 4 heterocycles. The maximum Gasteiger partial charge on any atom is 0.417 e. The molecule has 6 nitrogen and oxygen atoms in total. The van der Waals surface area contributed by atoms with Crippen LogP contribution in [0, 0.1) is 0 Å². The lowest BCUT2D eigenvalue weighted by atomic mass is 10.2. The summed E-state index contributed by atoms with van der Waals surface area (Å²) >= 11 is 5.28. The van der Waals surface area contributed by atoms with E-state index in [4.69, 9.17) is 11.6 Å². The van der Waals surface area contributed by atoms with E-state index >= 15 is 0 Å². The second-order valence-corrected chi connectivity index (χ2v) is 7.39. The summed E-state index contributed by atoms with van der Waals surface area (Å²) in [5.41, 5.74) is -1.49. The molecule has 0 radical (unpaired) electrons. The number of anilines is 1. The average Bonchev–Trinajstić information content (AvgIpc) is 2.81. The van der Waals surface area contributed by atoms with E-state index in [2.05, 4.69) is 25.9 Å². The summed E-state index contributed by atoms with van der Waals surface area (Å²) in [5.74, 6) is 0.606. The first-order valence-corrected chi connectivity index (χ1v) is 10.5. The molecule has 2 aromatic heterocycles. The molecule has 4 rings (SSSR count). The first-order chi connectivity index (χ1) is 15.6. The van der Waals surface area contributed by atoms with Crippen LogP contribution in [0.15, 0.2) is 36.7 Å². The fraction of sp³-hybridized carbons (Fsp3) is 0.500. The highest BCUT2D eigenvalue weighted by Gasteiger charge is 2.31. The number of hydrogen-bond donors (Lipinski definition) is 3. The summed E-state index contributed by atoms with van der Waals surface area (Å²) in [5, 5.41) is 9.67. The van der Waals surface area contributed by atoms with Crippen LogP contribution in [0.2, 0.25) is 5.15 Å². The maximum absolute atomic E-state index is 12.3. The molecule has 0 unspecified atom stereocenters. The zero-order valence-electron chi connectivity index (χ0n) is 17.6. The first kappa shape index (κ1) is 27.1. The smallest absolute Gasteiger partial charge is 0.354 e. The minimum atomic E-state index is -4.34. The van der Waals surface area contributed by atoms with E-state index in [1.54, 1.807) is 0 Å². The number of piperazine rings is 2. The molecular weight excluding hydrogens is 474 g/mol. The fourth-order valence-corrected chi connectivity index (χ4v) is 2.89. The molecule has 184 valence electrons. The Bertz CT molecular complexity index is 792. The molecule has 0 spiro atoms. The van der Waals surface area contributed by atoms with Crippen LogP contribution < -0.4 is 20.9 Å². The number of hydrogen-bond acceptors (Lipinski definition) is 6. The number of alkyl halides is 6. The second-order valence-electron chi connectivity index (χ2n) is 7.01. The van der Waals surface area contributed by atoms with Gasteiger partial charge in [0.25, 0.3) is 0 Å². The van der Waals surface area contributed by atoms with Gasteiger partial charge in [-0.05, 0) is 24.3 Å². The molecule has 0 amide bonds. The molecule has 0 aliphatic carbocycles. The third kappa shape index (κ3) is 10.1. The monoisotopic (exact) mass is 498 g/mol. The Morgan fingerprint density at radius 3 is 1.48 bits per heavy atom. The van der Waals surface area contributed by atoms with E-state index in [9.17, 15) is 26.3 Å². The van der Waals surface area contributed by atoms with Crippen LogP contribution in [0.4, 0.5) is 32.2 Å². The summed E-state index contributed by atoms with van der Waals surface area (Å²) < 4.78 is 72.4. The first-order valence-electron chi connectivity index (χ1n) is 10.2. The summed E-state index contributed by atoms with van der Waals surface area (Å²) in [6.45, 7) is 7.78. The summed E-state index contributed by atoms with van der Waals surface area (Å²) in [7, 11) is 0. The van der Waals surface area contributed by atoms with Crippen molar-refractivity contribution in [1.82, 2.24) is 25.9 Å². The number of rotatable bonds is 1. The highest BCUT2D eigenvalue weighted by Crippen LogP contribution is 2.29. The molecule has 2 aliphatic rings. The lowest BCUT2D eigenvalue weighted by molar-refractivity contribution is -0.138. The largest absolute Gasteiger partial charge is 0.417 e. The fourth-order valence-electron chi connectivity index (χ4n) is 2.78. The Balaban J connectivity index is 0.000000195. The van der Waals surface area contributed by atoms with Gasteiger partial charge in [0.1, 0.15) is 11.0 Å². The zero-order valence-corrected chi connectivity index (χ0v) is 18.4. The van der Waals surface area contributed by atoms with Gasteiger partial charge in [0.05, 0.1) is 11.1 Å². The van der Waals surface area contributed by atoms with Crippen LogP contribution >= 0.6 is 11.6 Å². The molecule has 2 fully saturated rings. The predicted octanol–water partition coefficient (Wildman–Crippen LogP) is 3.44. The van der Waals surface area contributed by atoms with Crippen molar-refractivity contribution >= 4 is 17.4 Å². The zero-order chi connectivity index (χ0) is 24.3. The summed E-state index contributed by atoms with van der Waals surface area (Å²) in [4.78, 5) is 9.11. The Morgan fingerprint density at radius 2 is 1.12 bits per heavy atom. The van der Waals surface area contributed by atoms with Crippen LogP contribution in [0.5, 0.6) is 0 Å². The third-order valence-corrected chi connectivity index (χ3v) is 4.75. The molecule has 3 N–H and O–H groups in total. The van der Waals surface area contributed by atoms with E-state index in [1.165, 1.54) is 6.07 Å². The number of aromatic nitrogens is 2. The SMILES string of the molecule is C1CNCCN1.FC(F)(F)c1ccc(Cl)nc1.FC(F)(F)c1ccc(N2CCNCC2)nc1. The van der Waals surface area contributed by atoms with Crippen molar-refractivity contribution in [1.29, 1.82) is 0 Å². The van der Waals surface area contributed by atoms with Gasteiger partial charge in [-0.2, -0.15) is 26.3 Å². The van der Waals surface area contributed by atoms with Gasteiger partial charge in [-0.1, -0.05) is 11.6 Å². The van der Waals surface area contributed by atoms with Crippen LogP contribution in [-0.4, -0.2) is 62.3 Å². The molecule has 0 saturated carbocycles. The Labute approximate surface area is 192 Å². The molecule has 13 heteroatoms. The van der Waals surface area contributed by atoms with E-state index < -0.39 is 23.5 Å². The van der Waals surface area contributed by atoms with Crippen LogP contribution in [0.3, 0.4) is 0 Å². The van der Waals surface area contributed by atoms with Crippen LogP contribution in [-0.2, 0) is 12.4 Å². The van der Waals surface area contributed by atoms with E-state index in [0.29, 0.717) is 12.0 Å². The summed E-state index contributed by atoms with van der Waals surface area (Å²) in [6.07, 6.45) is -7.06. The molecule has 2 aliphatic heterocycles. The number of nitrogens with one attached hydrogen (secondary N) is 3. The quantitative estimate of drug-likeness (QED) is 0.413. The van der Waals surface area contributed by atoms with Crippen molar-refractivity contribution in [2.75, 3.05) is 57.3 Å². The highest BCUT2D eigenvalue weighted by molar-refractivity contribution is 6.29. The molecule has 0 atom stereocenters. The number of halogens is 7. The van der Waals surface area contributed by atoms with Gasteiger partial charge in [-0.15, -0.1) is 0 Å². The van der Waals surface area contributed by atoms with E-state index in [0.717, 1.165) is 76.8 Å². The normalized spacial score (nSPS) is 16.8. The van der Waals surface area contributed by atoms with Crippen molar-refractivity contribution < 1.29 is 26.3 Å². The van der Waals surface area contributed by atoms with Crippen molar-refractivity contribution in [3.8, 4) is 0 Å². The standard InChI is InChI=1S/C10H12F3N3.C6H3ClF3N.C4H10N2/c11-10(12,13)8-1-2-9(15-7-8)16-5-3-14-4-6-16;7-5-2-1-4(3-11-5)6(8,9)10;1-2-6-4-3-5-1/h1-2,7,14H,3-6H2;1-3H;5-6H,1-4H2. The van der Waals surface area contributed by atoms with Crippen LogP contribution in [0.25, 0.3) is 0 Å². The van der Waals surface area contributed by atoms with Crippen molar-refractivity contribution in [2.24, 2.45) is 0 Å². The molecule has 0 aromatic carbocycles. The molecular formula is C20H25ClF6N6. The molecule has 33 heavy (non-hydrogen) atoms. The van der Waals surface area contributed by atoms with Crippen LogP contribution in [0.1, 0.15) is 11.1 Å². The van der Waals surface area contributed by atoms with Gasteiger partial charge < -0.3 is 20.9 Å². The average molecular weight is 499 g/mol. The topological polar surface area (TPSA) is 65.1 Å². The van der Waals surface area contributed by atoms with Crippen molar-refractivity contribution in [2.45, 2.75) is 12.4 Å². The maximum atomic E-state index is 12.3. The second kappa shape index (κ2) is 12.9. The molecule has 2 aromatic rings. The number of pyridine rings is 2. The lowest BCUT2D eigenvalue weighted by Gasteiger charge is -2.28. The molecule has 0 bridgehead atoms. The minimum absolute atomic E-state index is 0.0537. The van der Waals surface area contributed by atoms with Gasteiger partial charge in [0, 0.05) is 64.8 Å². The molecule has 2 saturated heterocycles. The van der Waals surface area contributed by atoms with Gasteiger partial charge in [0.15, 0.2) is 0 Å². The van der Waals surface area contributed by atoms with Gasteiger partial charge >= 0.3 is 12.4 Å². The lowest BCUT2D eigenvalue weighted by Crippen LogP contribution is -2.43. The van der Waals surface area contributed by atoms with Crippen molar-refractivity contribution in [3.05, 3.63) is 52.9 Å². The van der Waals surface area contributed by atoms with Gasteiger partial charge in [0.2, 0.25) is 0 Å². The third-order valence-electron chi connectivity index (χ3n) is 4.53. The van der Waals surface area contributed by atoms with E-state index in [-0.39, 0.29) is 5.15 Å². The minimum Gasteiger partial charge on any atom is -0.354 e. The Kier molecular flexibility index (Phi) is 10.6. The van der Waals surface area contributed by atoms with Gasteiger partial charge in [-0.25, -0.2) is 9.97 Å². The summed E-state index contributed by atoms with van der Waals surface area (Å²) in [6, 6.07) is 4.48.